The Morgan fingerprint density at radius 3 is 2.45 bits per heavy atom. The van der Waals surface area contributed by atoms with E-state index in [2.05, 4.69) is 10.3 Å². The van der Waals surface area contributed by atoms with Crippen molar-refractivity contribution in [1.29, 1.82) is 0 Å². The van der Waals surface area contributed by atoms with Crippen LogP contribution in [-0.4, -0.2) is 28.3 Å². The van der Waals surface area contributed by atoms with Gasteiger partial charge in [-0.25, -0.2) is 13.6 Å². The Balaban J connectivity index is 0.000000516. The highest BCUT2D eigenvalue weighted by Gasteiger charge is 2.38. The first-order valence-electron chi connectivity index (χ1n) is 8.17. The summed E-state index contributed by atoms with van der Waals surface area (Å²) in [4.78, 5) is 23.2. The number of nitrogens with one attached hydrogen (secondary N) is 2. The summed E-state index contributed by atoms with van der Waals surface area (Å²) in [5.41, 5.74) is 1.30. The van der Waals surface area contributed by atoms with Gasteiger partial charge in [-0.3, -0.25) is 4.79 Å². The summed E-state index contributed by atoms with van der Waals surface area (Å²) >= 11 is 5.67. The second-order valence-corrected chi connectivity index (χ2v) is 6.55. The molecule has 1 unspecified atom stereocenters. The predicted octanol–water partition coefficient (Wildman–Crippen LogP) is 3.97. The van der Waals surface area contributed by atoms with Crippen molar-refractivity contribution < 1.29 is 31.9 Å². The highest BCUT2D eigenvalue weighted by atomic mass is 35.5. The summed E-state index contributed by atoms with van der Waals surface area (Å²) in [6.07, 6.45) is -3.31. The van der Waals surface area contributed by atoms with E-state index in [1.165, 1.54) is 6.07 Å². The summed E-state index contributed by atoms with van der Waals surface area (Å²) < 4.78 is 59.3. The third kappa shape index (κ3) is 7.82. The van der Waals surface area contributed by atoms with Gasteiger partial charge in [0, 0.05) is 29.9 Å². The molecule has 2 aromatic rings. The fourth-order valence-electron chi connectivity index (χ4n) is 2.20. The Morgan fingerprint density at radius 2 is 1.90 bits per heavy atom. The maximum atomic E-state index is 13.8. The van der Waals surface area contributed by atoms with E-state index in [9.17, 15) is 26.7 Å². The van der Waals surface area contributed by atoms with Gasteiger partial charge in [-0.1, -0.05) is 11.6 Å². The summed E-state index contributed by atoms with van der Waals surface area (Å²) in [5.74, 6) is -4.11. The molecule has 1 heterocycles. The third-order valence-electron chi connectivity index (χ3n) is 3.66. The van der Waals surface area contributed by atoms with E-state index >= 15 is 0 Å². The number of halogens is 6. The lowest BCUT2D eigenvalue weighted by Crippen LogP contribution is -2.30. The van der Waals surface area contributed by atoms with E-state index in [4.69, 9.17) is 21.5 Å². The van der Waals surface area contributed by atoms with Gasteiger partial charge in [0.15, 0.2) is 0 Å². The van der Waals surface area contributed by atoms with Crippen molar-refractivity contribution in [2.45, 2.75) is 39.0 Å². The standard InChI is InChI=1S/C16H17ClF2N2O.C2HF3O2/c1-9-5-11(16(22)21-7-9)8-20-10(2)6-12-14(18)4-3-13(17)15(12)19;3-2(4,5)1(6)7/h3-5,7,10,20H,6,8H2,1-2H3,(H,21,22);(H,6,7). The molecule has 2 rings (SSSR count). The lowest BCUT2D eigenvalue weighted by Gasteiger charge is -2.15. The van der Waals surface area contributed by atoms with Crippen LogP contribution < -0.4 is 10.9 Å². The molecule has 1 atom stereocenters. The molecule has 0 bridgehead atoms. The number of rotatable bonds is 5. The quantitative estimate of drug-likeness (QED) is 0.485. The van der Waals surface area contributed by atoms with Crippen LogP contribution in [0.5, 0.6) is 0 Å². The maximum absolute atomic E-state index is 13.8. The first-order chi connectivity index (χ1) is 13.3. The number of aliphatic carboxylic acids is 1. The fourth-order valence-corrected chi connectivity index (χ4v) is 2.38. The number of pyridine rings is 1. The first-order valence-corrected chi connectivity index (χ1v) is 8.54. The molecule has 0 saturated carbocycles. The van der Waals surface area contributed by atoms with Crippen LogP contribution in [-0.2, 0) is 17.8 Å². The number of carboxylic acids is 1. The molecular weight excluding hydrogens is 423 g/mol. The molecule has 5 nitrogen and oxygen atoms in total. The van der Waals surface area contributed by atoms with Crippen LogP contribution >= 0.6 is 11.6 Å². The Labute approximate surface area is 167 Å². The van der Waals surface area contributed by atoms with Gasteiger partial charge >= 0.3 is 12.1 Å². The van der Waals surface area contributed by atoms with Crippen LogP contribution in [0.1, 0.15) is 23.6 Å². The molecular formula is C18H18ClF5N2O3. The number of benzene rings is 1. The van der Waals surface area contributed by atoms with Gasteiger partial charge in [-0.15, -0.1) is 0 Å². The highest BCUT2D eigenvalue weighted by molar-refractivity contribution is 6.30. The van der Waals surface area contributed by atoms with E-state index in [-0.39, 0.29) is 28.6 Å². The molecule has 1 aromatic carbocycles. The van der Waals surface area contributed by atoms with Crippen LogP contribution in [0.4, 0.5) is 22.0 Å². The normalized spacial score (nSPS) is 12.1. The lowest BCUT2D eigenvalue weighted by molar-refractivity contribution is -0.192. The molecule has 0 amide bonds. The van der Waals surface area contributed by atoms with E-state index in [0.29, 0.717) is 12.1 Å². The van der Waals surface area contributed by atoms with Crippen molar-refractivity contribution in [2.24, 2.45) is 0 Å². The molecule has 0 radical (unpaired) electrons. The van der Waals surface area contributed by atoms with Crippen LogP contribution in [0.3, 0.4) is 0 Å². The minimum Gasteiger partial charge on any atom is -0.475 e. The number of carboxylic acid groups (broad SMARTS) is 1. The van der Waals surface area contributed by atoms with Crippen molar-refractivity contribution >= 4 is 17.6 Å². The molecule has 0 aliphatic carbocycles. The van der Waals surface area contributed by atoms with E-state index in [0.717, 1.165) is 11.6 Å². The number of aromatic amines is 1. The SMILES string of the molecule is Cc1c[nH]c(=O)c(CNC(C)Cc2c(F)ccc(Cl)c2F)c1.O=C(O)C(F)(F)F. The van der Waals surface area contributed by atoms with Gasteiger partial charge in [0.2, 0.25) is 0 Å². The third-order valence-corrected chi connectivity index (χ3v) is 3.95. The van der Waals surface area contributed by atoms with Crippen LogP contribution in [0.15, 0.2) is 29.2 Å². The summed E-state index contributed by atoms with van der Waals surface area (Å²) in [5, 5.41) is 10.1. The molecule has 0 saturated heterocycles. The van der Waals surface area contributed by atoms with Gasteiger partial charge < -0.3 is 15.4 Å². The molecule has 0 aliphatic heterocycles. The van der Waals surface area contributed by atoms with E-state index in [1.54, 1.807) is 19.2 Å². The van der Waals surface area contributed by atoms with Crippen molar-refractivity contribution in [1.82, 2.24) is 10.3 Å². The Morgan fingerprint density at radius 1 is 1.31 bits per heavy atom. The predicted molar refractivity (Wildman–Crippen MR) is 96.9 cm³/mol. The minimum absolute atomic E-state index is 0.0503. The number of H-pyrrole nitrogens is 1. The van der Waals surface area contributed by atoms with Crippen molar-refractivity contribution in [3.63, 3.8) is 0 Å². The number of aromatic nitrogens is 1. The molecule has 0 aliphatic rings. The Kier molecular flexibility index (Phi) is 8.78. The molecule has 1 aromatic heterocycles. The van der Waals surface area contributed by atoms with E-state index in [1.807, 2.05) is 6.92 Å². The van der Waals surface area contributed by atoms with Gasteiger partial charge in [-0.2, -0.15) is 13.2 Å². The van der Waals surface area contributed by atoms with Gasteiger partial charge in [0.25, 0.3) is 5.56 Å². The van der Waals surface area contributed by atoms with Crippen molar-refractivity contribution in [3.05, 3.63) is 68.1 Å². The number of hydrogen-bond acceptors (Lipinski definition) is 3. The second-order valence-electron chi connectivity index (χ2n) is 6.14. The minimum atomic E-state index is -5.08. The van der Waals surface area contributed by atoms with Crippen molar-refractivity contribution in [3.8, 4) is 0 Å². The number of aryl methyl sites for hydroxylation is 1. The first kappa shape index (κ1) is 24.6. The average Bonchev–Trinajstić information content (AvgIpc) is 2.62. The molecule has 160 valence electrons. The van der Waals surface area contributed by atoms with Gasteiger partial charge in [0.05, 0.1) is 5.02 Å². The van der Waals surface area contributed by atoms with Gasteiger partial charge in [0.1, 0.15) is 11.6 Å². The molecule has 3 N–H and O–H groups in total. The average molecular weight is 441 g/mol. The largest absolute Gasteiger partial charge is 0.490 e. The highest BCUT2D eigenvalue weighted by Crippen LogP contribution is 2.22. The van der Waals surface area contributed by atoms with Crippen LogP contribution in [0.25, 0.3) is 0 Å². The topological polar surface area (TPSA) is 82.2 Å². The fraction of sp³-hybridized carbons (Fsp3) is 0.333. The Hall–Kier alpha value is -2.46. The Bertz CT molecular complexity index is 915. The zero-order valence-corrected chi connectivity index (χ0v) is 16.1. The lowest BCUT2D eigenvalue weighted by atomic mass is 10.1. The monoisotopic (exact) mass is 440 g/mol. The summed E-state index contributed by atoms with van der Waals surface area (Å²) in [6.45, 7) is 3.99. The molecule has 29 heavy (non-hydrogen) atoms. The van der Waals surface area contributed by atoms with Crippen LogP contribution in [0.2, 0.25) is 5.02 Å². The van der Waals surface area contributed by atoms with E-state index < -0.39 is 23.8 Å². The maximum Gasteiger partial charge on any atom is 0.490 e. The zero-order valence-electron chi connectivity index (χ0n) is 15.3. The van der Waals surface area contributed by atoms with Crippen molar-refractivity contribution in [2.75, 3.05) is 0 Å². The zero-order chi connectivity index (χ0) is 22.4. The molecule has 0 spiro atoms. The summed E-state index contributed by atoms with van der Waals surface area (Å²) in [6, 6.07) is 3.90. The number of hydrogen-bond donors (Lipinski definition) is 3. The smallest absolute Gasteiger partial charge is 0.475 e. The van der Waals surface area contributed by atoms with Gasteiger partial charge in [-0.05, 0) is 44.0 Å². The molecule has 0 fully saturated rings. The number of alkyl halides is 3. The molecule has 11 heteroatoms. The summed E-state index contributed by atoms with van der Waals surface area (Å²) in [7, 11) is 0. The number of carbonyl (C=O) groups is 1. The second kappa shape index (κ2) is 10.4. The van der Waals surface area contributed by atoms with Crippen LogP contribution in [0, 0.1) is 18.6 Å².